The maximum atomic E-state index is 13.6. The first kappa shape index (κ1) is 49.0. The fraction of sp³-hybridized carbons (Fsp3) is 0.731. The Labute approximate surface area is 382 Å². The number of esters is 2. The predicted molar refractivity (Wildman–Crippen MR) is 240 cm³/mol. The molecule has 1 spiro atoms. The number of hydrogen-bond acceptors (Lipinski definition) is 12. The molecule has 5 heterocycles. The van der Waals surface area contributed by atoms with E-state index in [1.54, 1.807) is 26.4 Å². The molecule has 64 heavy (non-hydrogen) atoms. The molecule has 0 aliphatic carbocycles. The first-order chi connectivity index (χ1) is 30.6. The number of carbonyl (C=O) groups excluding carboxylic acids is 2. The zero-order valence-electron chi connectivity index (χ0n) is 40.2. The van der Waals surface area contributed by atoms with E-state index in [-0.39, 0.29) is 60.0 Å². The highest BCUT2D eigenvalue weighted by Crippen LogP contribution is 2.55. The third-order valence-electron chi connectivity index (χ3n) is 16.0. The van der Waals surface area contributed by atoms with Gasteiger partial charge in [0.25, 0.3) is 0 Å². The average molecular weight is 893 g/mol. The van der Waals surface area contributed by atoms with Crippen LogP contribution in [0.25, 0.3) is 0 Å². The van der Waals surface area contributed by atoms with Crippen LogP contribution in [0.4, 0.5) is 0 Å². The van der Waals surface area contributed by atoms with Gasteiger partial charge in [-0.1, -0.05) is 90.1 Å². The lowest BCUT2D eigenvalue weighted by molar-refractivity contribution is -0.339. The fourth-order valence-electron chi connectivity index (χ4n) is 12.2. The Hall–Kier alpha value is -2.94. The van der Waals surface area contributed by atoms with Gasteiger partial charge in [-0.25, -0.2) is 4.79 Å². The van der Waals surface area contributed by atoms with Crippen LogP contribution in [-0.2, 0) is 58.8 Å². The van der Waals surface area contributed by atoms with E-state index in [4.69, 9.17) is 47.4 Å². The molecular formula is C52H76O12. The molecule has 5 saturated heterocycles. The average Bonchev–Trinajstić information content (AvgIpc) is 4.02. The molecule has 2 aromatic carbocycles. The Morgan fingerprint density at radius 3 is 2.22 bits per heavy atom. The van der Waals surface area contributed by atoms with E-state index in [9.17, 15) is 9.59 Å². The number of ether oxygens (including phenoxy) is 10. The second-order valence-corrected chi connectivity index (χ2v) is 20.2. The van der Waals surface area contributed by atoms with Crippen LogP contribution >= 0.6 is 0 Å². The topological polar surface area (TPSA) is 126 Å². The smallest absolute Gasteiger partial charge is 0.338 e. The van der Waals surface area contributed by atoms with E-state index < -0.39 is 53.0 Å². The van der Waals surface area contributed by atoms with Gasteiger partial charge in [0, 0.05) is 44.8 Å². The third kappa shape index (κ3) is 9.73. The van der Waals surface area contributed by atoms with Crippen LogP contribution in [0.1, 0.15) is 123 Å². The molecule has 7 rings (SSSR count). The van der Waals surface area contributed by atoms with Crippen molar-refractivity contribution >= 4 is 11.9 Å². The lowest BCUT2D eigenvalue weighted by Gasteiger charge is -2.49. The molecule has 0 N–H and O–H groups in total. The zero-order valence-corrected chi connectivity index (χ0v) is 40.2. The van der Waals surface area contributed by atoms with Gasteiger partial charge in [0.1, 0.15) is 12.7 Å². The maximum absolute atomic E-state index is 13.6. The monoisotopic (exact) mass is 893 g/mol. The van der Waals surface area contributed by atoms with Gasteiger partial charge in [0.05, 0.1) is 73.0 Å². The summed E-state index contributed by atoms with van der Waals surface area (Å²) < 4.78 is 65.8. The SMILES string of the molecule is CC[C@@]1([C@@H]2O[C@@H]([C@H]3O[C@](COCc4ccccc4)(OC)[C@H](C)C[C@@H]3C)C[C@@H]2C)CC[C@H]([C@]2(C)CC[C@]3(C[C@H](OC(=O)c4ccccc4)[C@@H](C)[C@@H]([C@@H](C)[C@@H](OC)[C@H](C)C(=O)OC)O3)O2)O1. The molecule has 17 atom stereocenters. The molecule has 356 valence electrons. The summed E-state index contributed by atoms with van der Waals surface area (Å²) in [7, 11) is 4.72. The van der Waals surface area contributed by atoms with E-state index in [0.29, 0.717) is 38.0 Å². The molecule has 0 amide bonds. The molecule has 12 nitrogen and oxygen atoms in total. The van der Waals surface area contributed by atoms with Crippen molar-refractivity contribution in [3.63, 3.8) is 0 Å². The van der Waals surface area contributed by atoms with Gasteiger partial charge in [-0.15, -0.1) is 0 Å². The standard InChI is InChI=1S/C52H76O12/c1-12-50(46-33(3)28-40(59-46)43-32(2)27-34(4)52(57-11,63-43)31-58-30-38-19-15-13-16-20-38)24-23-42(61-50)49(8)25-26-51(64-49)29-41(60-48(54)39-21-17-14-18-22-39)35(5)45(62-51)36(6)44(55-9)37(7)47(53)56-10/h13-22,32-37,40-46H,12,23-31H2,1-11H3/t32-,33-,34+,35+,36-,37-,40+,41-,42+,43-,44+,45-,46+,49-,50-,51+,52-/m0/s1. The molecule has 0 aromatic heterocycles. The van der Waals surface area contributed by atoms with Gasteiger partial charge in [0.2, 0.25) is 0 Å². The fourth-order valence-corrected chi connectivity index (χ4v) is 12.2. The highest BCUT2D eigenvalue weighted by atomic mass is 16.7. The number of rotatable bonds is 16. The summed E-state index contributed by atoms with van der Waals surface area (Å²) in [5.74, 6) is -3.11. The molecule has 2 aromatic rings. The lowest BCUT2D eigenvalue weighted by Crippen LogP contribution is -2.57. The van der Waals surface area contributed by atoms with Gasteiger partial charge >= 0.3 is 11.9 Å². The number of methoxy groups -OCH3 is 3. The van der Waals surface area contributed by atoms with E-state index >= 15 is 0 Å². The van der Waals surface area contributed by atoms with E-state index in [1.165, 1.54) is 7.11 Å². The van der Waals surface area contributed by atoms with Crippen LogP contribution in [0.15, 0.2) is 60.7 Å². The highest BCUT2D eigenvalue weighted by Gasteiger charge is 2.63. The van der Waals surface area contributed by atoms with Gasteiger partial charge in [-0.3, -0.25) is 4.79 Å². The van der Waals surface area contributed by atoms with Gasteiger partial charge in [0.15, 0.2) is 11.6 Å². The first-order valence-electron chi connectivity index (χ1n) is 24.0. The van der Waals surface area contributed by atoms with Crippen molar-refractivity contribution in [2.24, 2.45) is 35.5 Å². The molecule has 12 heteroatoms. The minimum absolute atomic E-state index is 0.122. The number of carbonyl (C=O) groups is 2. The van der Waals surface area contributed by atoms with Gasteiger partial charge in [-0.2, -0.15) is 0 Å². The Kier molecular flexibility index (Phi) is 15.4. The summed E-state index contributed by atoms with van der Waals surface area (Å²) in [4.78, 5) is 26.4. The Bertz CT molecular complexity index is 1850. The van der Waals surface area contributed by atoms with Crippen LogP contribution in [0.5, 0.6) is 0 Å². The van der Waals surface area contributed by atoms with Crippen LogP contribution in [0.3, 0.4) is 0 Å². The van der Waals surface area contributed by atoms with Crippen molar-refractivity contribution in [3.8, 4) is 0 Å². The van der Waals surface area contributed by atoms with E-state index in [0.717, 1.165) is 37.7 Å². The predicted octanol–water partition coefficient (Wildman–Crippen LogP) is 9.10. The molecule has 5 aliphatic rings. The molecule has 0 radical (unpaired) electrons. The molecule has 5 fully saturated rings. The molecular weight excluding hydrogens is 817 g/mol. The first-order valence-corrected chi connectivity index (χ1v) is 24.0. The Balaban J connectivity index is 1.06. The molecule has 0 saturated carbocycles. The highest BCUT2D eigenvalue weighted by molar-refractivity contribution is 5.89. The Morgan fingerprint density at radius 2 is 1.56 bits per heavy atom. The van der Waals surface area contributed by atoms with Crippen LogP contribution in [0, 0.1) is 35.5 Å². The summed E-state index contributed by atoms with van der Waals surface area (Å²) in [5, 5.41) is 0. The van der Waals surface area contributed by atoms with Crippen molar-refractivity contribution in [1.29, 1.82) is 0 Å². The molecule has 0 bridgehead atoms. The quantitative estimate of drug-likeness (QED) is 0.149. The van der Waals surface area contributed by atoms with Gasteiger partial charge < -0.3 is 47.4 Å². The summed E-state index contributed by atoms with van der Waals surface area (Å²) in [6.45, 7) is 17.8. The van der Waals surface area contributed by atoms with Crippen molar-refractivity contribution in [2.75, 3.05) is 27.9 Å². The van der Waals surface area contributed by atoms with Crippen molar-refractivity contribution < 1.29 is 57.0 Å². The normalized spacial score (nSPS) is 40.2. The lowest BCUT2D eigenvalue weighted by atomic mass is 9.78. The molecule has 5 aliphatic heterocycles. The van der Waals surface area contributed by atoms with Crippen molar-refractivity contribution in [1.82, 2.24) is 0 Å². The summed E-state index contributed by atoms with van der Waals surface area (Å²) in [6.07, 6.45) is 3.74. The second kappa shape index (κ2) is 20.1. The number of benzene rings is 2. The summed E-state index contributed by atoms with van der Waals surface area (Å²) in [6, 6.07) is 19.2. The third-order valence-corrected chi connectivity index (χ3v) is 16.0. The summed E-state index contributed by atoms with van der Waals surface area (Å²) in [5.41, 5.74) is 0.401. The summed E-state index contributed by atoms with van der Waals surface area (Å²) >= 11 is 0. The minimum Gasteiger partial charge on any atom is -0.469 e. The van der Waals surface area contributed by atoms with Gasteiger partial charge in [-0.05, 0) is 81.9 Å². The zero-order chi connectivity index (χ0) is 46.0. The minimum atomic E-state index is -1.05. The van der Waals surface area contributed by atoms with Crippen molar-refractivity contribution in [2.45, 2.75) is 179 Å². The largest absolute Gasteiger partial charge is 0.469 e. The van der Waals surface area contributed by atoms with Crippen LogP contribution in [-0.4, -0.2) is 105 Å². The molecule has 0 unspecified atom stereocenters. The Morgan fingerprint density at radius 1 is 0.859 bits per heavy atom. The van der Waals surface area contributed by atoms with E-state index in [2.05, 4.69) is 46.8 Å². The van der Waals surface area contributed by atoms with E-state index in [1.807, 2.05) is 57.2 Å². The maximum Gasteiger partial charge on any atom is 0.338 e. The number of hydrogen-bond donors (Lipinski definition) is 0. The second-order valence-electron chi connectivity index (χ2n) is 20.2. The van der Waals surface area contributed by atoms with Crippen LogP contribution in [0.2, 0.25) is 0 Å². The van der Waals surface area contributed by atoms with Crippen LogP contribution < -0.4 is 0 Å². The van der Waals surface area contributed by atoms with Crippen molar-refractivity contribution in [3.05, 3.63) is 71.8 Å².